The molecule has 1 N–H and O–H groups in total. The van der Waals surface area contributed by atoms with Gasteiger partial charge in [0.25, 0.3) is 5.56 Å². The molecule has 0 saturated carbocycles. The van der Waals surface area contributed by atoms with Crippen LogP contribution in [-0.4, -0.2) is 16.1 Å². The highest BCUT2D eigenvalue weighted by Gasteiger charge is 2.21. The van der Waals surface area contributed by atoms with E-state index in [9.17, 15) is 9.18 Å². The summed E-state index contributed by atoms with van der Waals surface area (Å²) in [5.74, 6) is -0.278. The summed E-state index contributed by atoms with van der Waals surface area (Å²) in [6, 6.07) is 6.06. The molecule has 0 fully saturated rings. The standard InChI is InChI=1S/C17H16FN3OS/c1-10(11-2-4-12(18)5-3-11)21-9-20-16-15(17(21)22)13-8-19-7-6-14(13)23-16/h2-5,9-10,19H,6-8H2,1H3/t10-/m1/s1. The van der Waals surface area contributed by atoms with E-state index in [1.54, 1.807) is 34.4 Å². The summed E-state index contributed by atoms with van der Waals surface area (Å²) in [5.41, 5.74) is 1.96. The average molecular weight is 329 g/mol. The van der Waals surface area contributed by atoms with Crippen LogP contribution in [0.3, 0.4) is 0 Å². The minimum absolute atomic E-state index is 0.0203. The Morgan fingerprint density at radius 1 is 1.35 bits per heavy atom. The molecule has 0 bridgehead atoms. The van der Waals surface area contributed by atoms with Gasteiger partial charge in [0.15, 0.2) is 0 Å². The molecule has 0 aliphatic carbocycles. The molecule has 1 aromatic carbocycles. The van der Waals surface area contributed by atoms with Crippen molar-refractivity contribution >= 4 is 21.6 Å². The van der Waals surface area contributed by atoms with Crippen LogP contribution in [0.15, 0.2) is 35.4 Å². The Balaban J connectivity index is 1.86. The summed E-state index contributed by atoms with van der Waals surface area (Å²) in [6.07, 6.45) is 2.55. The molecular formula is C17H16FN3OS. The molecule has 4 rings (SSSR count). The van der Waals surface area contributed by atoms with Crippen LogP contribution in [-0.2, 0) is 13.0 Å². The van der Waals surface area contributed by atoms with Gasteiger partial charge in [0, 0.05) is 18.0 Å². The Kier molecular flexibility index (Phi) is 3.50. The normalized spacial score (nSPS) is 15.6. The summed E-state index contributed by atoms with van der Waals surface area (Å²) >= 11 is 1.62. The number of hydrogen-bond acceptors (Lipinski definition) is 4. The van der Waals surface area contributed by atoms with E-state index in [1.807, 2.05) is 6.92 Å². The van der Waals surface area contributed by atoms with Crippen molar-refractivity contribution in [3.8, 4) is 0 Å². The van der Waals surface area contributed by atoms with E-state index < -0.39 is 0 Å². The van der Waals surface area contributed by atoms with Crippen LogP contribution in [0.1, 0.15) is 29.0 Å². The highest BCUT2D eigenvalue weighted by molar-refractivity contribution is 7.18. The molecule has 1 atom stereocenters. The first-order valence-corrected chi connectivity index (χ1v) is 8.44. The minimum atomic E-state index is -0.278. The summed E-state index contributed by atoms with van der Waals surface area (Å²) in [5, 5.41) is 4.05. The van der Waals surface area contributed by atoms with Crippen molar-refractivity contribution in [2.24, 2.45) is 0 Å². The van der Waals surface area contributed by atoms with E-state index in [4.69, 9.17) is 0 Å². The number of fused-ring (bicyclic) bond motifs is 3. The monoisotopic (exact) mass is 329 g/mol. The van der Waals surface area contributed by atoms with Crippen molar-refractivity contribution in [1.29, 1.82) is 0 Å². The van der Waals surface area contributed by atoms with Gasteiger partial charge in [-0.15, -0.1) is 11.3 Å². The number of nitrogens with zero attached hydrogens (tertiary/aromatic N) is 2. The van der Waals surface area contributed by atoms with Crippen LogP contribution >= 0.6 is 11.3 Å². The number of rotatable bonds is 2. The van der Waals surface area contributed by atoms with Crippen LogP contribution in [0.4, 0.5) is 4.39 Å². The molecule has 1 aliphatic rings. The molecule has 0 spiro atoms. The van der Waals surface area contributed by atoms with E-state index in [1.165, 1.54) is 17.0 Å². The molecule has 118 valence electrons. The van der Waals surface area contributed by atoms with Crippen molar-refractivity contribution in [3.63, 3.8) is 0 Å². The Hall–Kier alpha value is -2.05. The SMILES string of the molecule is C[C@H](c1ccc(F)cc1)n1cnc2sc3c(c2c1=O)CNCC3. The van der Waals surface area contributed by atoms with Gasteiger partial charge in [0.05, 0.1) is 17.8 Å². The zero-order valence-corrected chi connectivity index (χ0v) is 13.5. The van der Waals surface area contributed by atoms with Crippen molar-refractivity contribution in [3.05, 3.63) is 62.8 Å². The van der Waals surface area contributed by atoms with Crippen molar-refractivity contribution in [2.75, 3.05) is 6.54 Å². The molecule has 3 aromatic rings. The van der Waals surface area contributed by atoms with Gasteiger partial charge in [0.1, 0.15) is 10.6 Å². The quantitative estimate of drug-likeness (QED) is 0.786. The van der Waals surface area contributed by atoms with Gasteiger partial charge in [0.2, 0.25) is 0 Å². The number of nitrogens with one attached hydrogen (secondary N) is 1. The first-order valence-electron chi connectivity index (χ1n) is 7.62. The van der Waals surface area contributed by atoms with Crippen LogP contribution in [0.5, 0.6) is 0 Å². The zero-order chi connectivity index (χ0) is 16.0. The largest absolute Gasteiger partial charge is 0.312 e. The van der Waals surface area contributed by atoms with Crippen LogP contribution < -0.4 is 10.9 Å². The van der Waals surface area contributed by atoms with Gasteiger partial charge < -0.3 is 5.32 Å². The minimum Gasteiger partial charge on any atom is -0.312 e. The maximum absolute atomic E-state index is 13.1. The maximum atomic E-state index is 13.1. The Morgan fingerprint density at radius 3 is 2.91 bits per heavy atom. The van der Waals surface area contributed by atoms with E-state index >= 15 is 0 Å². The molecule has 0 unspecified atom stereocenters. The third-order valence-corrected chi connectivity index (χ3v) is 5.62. The predicted molar refractivity (Wildman–Crippen MR) is 89.5 cm³/mol. The zero-order valence-electron chi connectivity index (χ0n) is 12.7. The second-order valence-corrected chi connectivity index (χ2v) is 6.88. The molecule has 23 heavy (non-hydrogen) atoms. The average Bonchev–Trinajstić information content (AvgIpc) is 2.94. The van der Waals surface area contributed by atoms with Crippen molar-refractivity contribution in [1.82, 2.24) is 14.9 Å². The summed E-state index contributed by atoms with van der Waals surface area (Å²) in [7, 11) is 0. The van der Waals surface area contributed by atoms with E-state index in [0.29, 0.717) is 0 Å². The third kappa shape index (κ3) is 2.38. The van der Waals surface area contributed by atoms with Crippen molar-refractivity contribution in [2.45, 2.75) is 25.9 Å². The maximum Gasteiger partial charge on any atom is 0.262 e. The highest BCUT2D eigenvalue weighted by atomic mass is 32.1. The van der Waals surface area contributed by atoms with E-state index in [2.05, 4.69) is 10.3 Å². The molecule has 6 heteroatoms. The second kappa shape index (κ2) is 5.54. The fourth-order valence-corrected chi connectivity index (χ4v) is 4.23. The molecule has 0 saturated heterocycles. The number of halogens is 1. The molecule has 4 nitrogen and oxygen atoms in total. The lowest BCUT2D eigenvalue weighted by Gasteiger charge is -2.16. The van der Waals surface area contributed by atoms with Gasteiger partial charge in [-0.1, -0.05) is 12.1 Å². The summed E-state index contributed by atoms with van der Waals surface area (Å²) in [4.78, 5) is 19.5. The molecule has 1 aliphatic heterocycles. The van der Waals surface area contributed by atoms with Crippen LogP contribution in [0.25, 0.3) is 10.2 Å². The van der Waals surface area contributed by atoms with E-state index in [0.717, 1.165) is 40.9 Å². The first-order chi connectivity index (χ1) is 11.1. The van der Waals surface area contributed by atoms with E-state index in [-0.39, 0.29) is 17.4 Å². The lowest BCUT2D eigenvalue weighted by molar-refractivity contribution is 0.599. The summed E-state index contributed by atoms with van der Waals surface area (Å²) < 4.78 is 14.7. The molecule has 3 heterocycles. The van der Waals surface area contributed by atoms with Gasteiger partial charge in [-0.25, -0.2) is 9.37 Å². The molecule has 2 aromatic heterocycles. The fraction of sp³-hybridized carbons (Fsp3) is 0.294. The first kappa shape index (κ1) is 14.5. The Labute approximate surface area is 136 Å². The van der Waals surface area contributed by atoms with Gasteiger partial charge in [-0.2, -0.15) is 0 Å². The fourth-order valence-electron chi connectivity index (χ4n) is 3.09. The number of thiophene rings is 1. The Morgan fingerprint density at radius 2 is 2.13 bits per heavy atom. The number of hydrogen-bond donors (Lipinski definition) is 1. The molecule has 0 amide bonds. The highest BCUT2D eigenvalue weighted by Crippen LogP contribution is 2.30. The topological polar surface area (TPSA) is 46.9 Å². The molecular weight excluding hydrogens is 313 g/mol. The lowest BCUT2D eigenvalue weighted by Crippen LogP contribution is -2.27. The predicted octanol–water partition coefficient (Wildman–Crippen LogP) is 2.85. The summed E-state index contributed by atoms with van der Waals surface area (Å²) in [6.45, 7) is 3.60. The number of aromatic nitrogens is 2. The van der Waals surface area contributed by atoms with Gasteiger partial charge in [-0.3, -0.25) is 9.36 Å². The van der Waals surface area contributed by atoms with Crippen LogP contribution in [0, 0.1) is 5.82 Å². The van der Waals surface area contributed by atoms with Gasteiger partial charge in [-0.05, 0) is 36.6 Å². The number of benzene rings is 1. The smallest absolute Gasteiger partial charge is 0.262 e. The second-order valence-electron chi connectivity index (χ2n) is 5.80. The molecule has 0 radical (unpaired) electrons. The lowest BCUT2D eigenvalue weighted by atomic mass is 10.1. The third-order valence-electron chi connectivity index (χ3n) is 4.42. The Bertz CT molecular complexity index is 929. The van der Waals surface area contributed by atoms with Crippen LogP contribution in [0.2, 0.25) is 0 Å². The van der Waals surface area contributed by atoms with Crippen molar-refractivity contribution < 1.29 is 4.39 Å². The van der Waals surface area contributed by atoms with Gasteiger partial charge >= 0.3 is 0 Å².